The normalized spacial score (nSPS) is 12.0. The van der Waals surface area contributed by atoms with E-state index >= 15 is 0 Å². The average Bonchev–Trinajstić information content (AvgIpc) is 2.92. The van der Waals surface area contributed by atoms with Crippen LogP contribution in [0.1, 0.15) is 0 Å². The Kier molecular flexibility index (Phi) is 1.81. The molecule has 0 N–H and O–H groups in total. The number of nitrogens with zero attached hydrogens (tertiary/aromatic N) is 3. The van der Waals surface area contributed by atoms with E-state index in [2.05, 4.69) is 9.97 Å². The molecule has 4 heteroatoms. The zero-order valence-electron chi connectivity index (χ0n) is 10.9. The van der Waals surface area contributed by atoms with Gasteiger partial charge in [0.2, 0.25) is 0 Å². The van der Waals surface area contributed by atoms with Gasteiger partial charge in [0.1, 0.15) is 5.65 Å². The van der Waals surface area contributed by atoms with Crippen LogP contribution in [0.25, 0.3) is 38.2 Å². The Morgan fingerprint density at radius 1 is 0.952 bits per heavy atom. The molecule has 0 amide bonds. The van der Waals surface area contributed by atoms with Crippen molar-refractivity contribution in [3.63, 3.8) is 0 Å². The van der Waals surface area contributed by atoms with Gasteiger partial charge in [-0.1, -0.05) is 30.3 Å². The predicted molar refractivity (Wildman–Crippen MR) is 83.0 cm³/mol. The molecule has 0 aliphatic carbocycles. The third kappa shape index (κ3) is 1.22. The molecule has 0 aliphatic rings. The van der Waals surface area contributed by atoms with Gasteiger partial charge in [0.05, 0.1) is 17.2 Å². The number of benzene rings is 2. The molecule has 0 unspecified atom stereocenters. The largest absolute Gasteiger partial charge is 0.268 e. The molecule has 3 heterocycles. The lowest BCUT2D eigenvalue weighted by Gasteiger charge is -2.06. The van der Waals surface area contributed by atoms with Crippen molar-refractivity contribution >= 4 is 38.2 Å². The minimum atomic E-state index is -0.0372. The van der Waals surface area contributed by atoms with Gasteiger partial charge < -0.3 is 0 Å². The van der Waals surface area contributed by atoms with Gasteiger partial charge in [0, 0.05) is 22.4 Å². The highest BCUT2D eigenvalue weighted by molar-refractivity contribution is 6.15. The van der Waals surface area contributed by atoms with Crippen LogP contribution >= 0.6 is 0 Å². The van der Waals surface area contributed by atoms with Gasteiger partial charge in [-0.2, -0.15) is 0 Å². The SMILES string of the molecule is O=c1c2cccc3cccc(c32)c2nc3ccncc3n12. The molecular weight excluding hydrogens is 262 g/mol. The van der Waals surface area contributed by atoms with Gasteiger partial charge >= 0.3 is 0 Å². The fourth-order valence-electron chi connectivity index (χ4n) is 3.14. The molecule has 0 atom stereocenters. The van der Waals surface area contributed by atoms with Crippen molar-refractivity contribution < 1.29 is 0 Å². The van der Waals surface area contributed by atoms with Gasteiger partial charge in [0.25, 0.3) is 5.56 Å². The van der Waals surface area contributed by atoms with Gasteiger partial charge in [-0.05, 0) is 17.5 Å². The fraction of sp³-hybridized carbons (Fsp3) is 0. The molecule has 2 aromatic carbocycles. The van der Waals surface area contributed by atoms with Crippen LogP contribution in [0.3, 0.4) is 0 Å². The van der Waals surface area contributed by atoms with Gasteiger partial charge in [-0.25, -0.2) is 4.98 Å². The summed E-state index contributed by atoms with van der Waals surface area (Å²) in [6.45, 7) is 0. The first-order chi connectivity index (χ1) is 10.3. The van der Waals surface area contributed by atoms with Crippen LogP contribution in [0.15, 0.2) is 59.7 Å². The van der Waals surface area contributed by atoms with Crippen molar-refractivity contribution in [3.05, 3.63) is 65.2 Å². The number of fused-ring (bicyclic) bond motifs is 4. The molecule has 0 saturated heterocycles. The highest BCUT2D eigenvalue weighted by atomic mass is 16.1. The molecule has 0 aliphatic heterocycles. The lowest BCUT2D eigenvalue weighted by atomic mass is 10.0. The van der Waals surface area contributed by atoms with E-state index in [0.717, 1.165) is 32.6 Å². The number of aromatic nitrogens is 3. The Bertz CT molecular complexity index is 1200. The molecule has 0 saturated carbocycles. The zero-order chi connectivity index (χ0) is 14.0. The number of hydrogen-bond acceptors (Lipinski definition) is 3. The van der Waals surface area contributed by atoms with Crippen molar-refractivity contribution in [1.82, 2.24) is 14.4 Å². The van der Waals surface area contributed by atoms with Crippen molar-refractivity contribution in [1.29, 1.82) is 0 Å². The van der Waals surface area contributed by atoms with Crippen LogP contribution in [0.2, 0.25) is 0 Å². The van der Waals surface area contributed by atoms with Crippen molar-refractivity contribution in [3.8, 4) is 0 Å². The molecule has 0 bridgehead atoms. The summed E-state index contributed by atoms with van der Waals surface area (Å²) in [6, 6.07) is 13.7. The molecule has 0 radical (unpaired) electrons. The Labute approximate surface area is 118 Å². The highest BCUT2D eigenvalue weighted by Gasteiger charge is 2.15. The van der Waals surface area contributed by atoms with Crippen molar-refractivity contribution in [2.75, 3.05) is 0 Å². The molecule has 3 aromatic heterocycles. The van der Waals surface area contributed by atoms with Crippen molar-refractivity contribution in [2.24, 2.45) is 0 Å². The van der Waals surface area contributed by atoms with E-state index in [1.165, 1.54) is 0 Å². The average molecular weight is 271 g/mol. The summed E-state index contributed by atoms with van der Waals surface area (Å²) in [5.41, 5.74) is 2.21. The summed E-state index contributed by atoms with van der Waals surface area (Å²) in [4.78, 5) is 21.6. The smallest absolute Gasteiger partial charge is 0.264 e. The fourth-order valence-corrected chi connectivity index (χ4v) is 3.14. The third-order valence-corrected chi connectivity index (χ3v) is 4.04. The monoisotopic (exact) mass is 271 g/mol. The van der Waals surface area contributed by atoms with Gasteiger partial charge in [-0.3, -0.25) is 14.2 Å². The maximum absolute atomic E-state index is 12.9. The first-order valence-electron chi connectivity index (χ1n) is 6.74. The summed E-state index contributed by atoms with van der Waals surface area (Å²) >= 11 is 0. The van der Waals surface area contributed by atoms with Gasteiger partial charge in [0.15, 0.2) is 0 Å². The van der Waals surface area contributed by atoms with Crippen LogP contribution in [-0.2, 0) is 0 Å². The molecule has 0 fully saturated rings. The summed E-state index contributed by atoms with van der Waals surface area (Å²) in [5, 5.41) is 3.77. The van der Waals surface area contributed by atoms with Crippen LogP contribution in [0.4, 0.5) is 0 Å². The molecular formula is C17H9N3O. The van der Waals surface area contributed by atoms with Crippen LogP contribution in [-0.4, -0.2) is 14.4 Å². The lowest BCUT2D eigenvalue weighted by molar-refractivity contribution is 1.18. The Balaban J connectivity index is 2.27. The second-order valence-corrected chi connectivity index (χ2v) is 5.15. The number of pyridine rings is 2. The predicted octanol–water partition coefficient (Wildman–Crippen LogP) is 2.99. The third-order valence-electron chi connectivity index (χ3n) is 4.04. The molecule has 0 spiro atoms. The van der Waals surface area contributed by atoms with Crippen LogP contribution in [0.5, 0.6) is 0 Å². The summed E-state index contributed by atoms with van der Waals surface area (Å²) in [5.74, 6) is 0. The number of rotatable bonds is 0. The Morgan fingerprint density at radius 3 is 2.62 bits per heavy atom. The van der Waals surface area contributed by atoms with E-state index in [0.29, 0.717) is 5.65 Å². The van der Waals surface area contributed by atoms with Gasteiger partial charge in [-0.15, -0.1) is 0 Å². The minimum Gasteiger partial charge on any atom is -0.268 e. The molecule has 21 heavy (non-hydrogen) atoms. The molecule has 4 nitrogen and oxygen atoms in total. The first-order valence-corrected chi connectivity index (χ1v) is 6.74. The van der Waals surface area contributed by atoms with E-state index < -0.39 is 0 Å². The van der Waals surface area contributed by atoms with Crippen molar-refractivity contribution in [2.45, 2.75) is 0 Å². The number of imidazole rings is 1. The second-order valence-electron chi connectivity index (χ2n) is 5.15. The Hall–Kier alpha value is -3.01. The standard InChI is InChI=1S/C17H9N3O/c21-17-12-6-2-4-10-3-1-5-11(15(10)12)16-19-13-7-8-18-9-14(13)20(16)17/h1-9H. The lowest BCUT2D eigenvalue weighted by Crippen LogP contribution is -2.13. The van der Waals surface area contributed by atoms with Crippen LogP contribution in [0, 0.1) is 0 Å². The van der Waals surface area contributed by atoms with Crippen LogP contribution < -0.4 is 5.56 Å². The Morgan fingerprint density at radius 2 is 1.76 bits per heavy atom. The van der Waals surface area contributed by atoms with E-state index in [1.54, 1.807) is 16.8 Å². The second kappa shape index (κ2) is 3.55. The van der Waals surface area contributed by atoms with E-state index in [-0.39, 0.29) is 5.56 Å². The quantitative estimate of drug-likeness (QED) is 0.435. The summed E-state index contributed by atoms with van der Waals surface area (Å²) in [6.07, 6.45) is 3.39. The maximum atomic E-state index is 12.9. The minimum absolute atomic E-state index is 0.0372. The maximum Gasteiger partial charge on any atom is 0.264 e. The highest BCUT2D eigenvalue weighted by Crippen LogP contribution is 2.28. The zero-order valence-corrected chi connectivity index (χ0v) is 10.9. The van der Waals surface area contributed by atoms with E-state index in [1.807, 2.05) is 42.5 Å². The van der Waals surface area contributed by atoms with E-state index in [9.17, 15) is 4.79 Å². The molecule has 5 aromatic rings. The van der Waals surface area contributed by atoms with E-state index in [4.69, 9.17) is 0 Å². The molecule has 98 valence electrons. The summed E-state index contributed by atoms with van der Waals surface area (Å²) < 4.78 is 1.67. The number of hydrogen-bond donors (Lipinski definition) is 0. The first kappa shape index (κ1) is 10.7. The summed E-state index contributed by atoms with van der Waals surface area (Å²) in [7, 11) is 0. The molecule has 5 rings (SSSR count). The topological polar surface area (TPSA) is 47.3 Å².